The van der Waals surface area contributed by atoms with E-state index in [2.05, 4.69) is 15.1 Å². The van der Waals surface area contributed by atoms with Crippen LogP contribution in [0.1, 0.15) is 33.5 Å². The second-order valence-corrected chi connectivity index (χ2v) is 6.60. The first-order valence-corrected chi connectivity index (χ1v) is 7.54. The molecule has 23 heavy (non-hydrogen) atoms. The molecule has 0 N–H and O–H groups in total. The van der Waals surface area contributed by atoms with Crippen LogP contribution in [-0.2, 0) is 15.9 Å². The molecule has 0 bridgehead atoms. The summed E-state index contributed by atoms with van der Waals surface area (Å²) >= 11 is 0. The third-order valence-corrected chi connectivity index (χ3v) is 4.40. The van der Waals surface area contributed by atoms with E-state index in [1.807, 2.05) is 33.9 Å². The molecule has 122 valence electrons. The normalized spacial score (nSPS) is 19.1. The van der Waals surface area contributed by atoms with Crippen LogP contribution in [0.25, 0.3) is 0 Å². The maximum absolute atomic E-state index is 6.02. The van der Waals surface area contributed by atoms with E-state index in [0.717, 1.165) is 5.46 Å². The molecule has 2 aromatic heterocycles. The third kappa shape index (κ3) is 3.09. The van der Waals surface area contributed by atoms with Gasteiger partial charge in [-0.15, -0.1) is 0 Å². The fraction of sp³-hybridized carbons (Fsp3) is 0.533. The lowest BCUT2D eigenvalue weighted by Gasteiger charge is -2.32. The highest BCUT2D eigenvalue weighted by Gasteiger charge is 2.52. The van der Waals surface area contributed by atoms with Crippen molar-refractivity contribution >= 4 is 12.6 Å². The summed E-state index contributed by atoms with van der Waals surface area (Å²) in [5, 5.41) is 4.34. The van der Waals surface area contributed by atoms with Crippen molar-refractivity contribution < 1.29 is 14.0 Å². The molecular formula is C15H21BN4O3. The predicted molar refractivity (Wildman–Crippen MR) is 85.6 cm³/mol. The van der Waals surface area contributed by atoms with Crippen molar-refractivity contribution in [1.29, 1.82) is 0 Å². The average molecular weight is 316 g/mol. The first-order valence-electron chi connectivity index (χ1n) is 7.54. The zero-order chi connectivity index (χ0) is 16.7. The van der Waals surface area contributed by atoms with Gasteiger partial charge in [-0.05, 0) is 27.7 Å². The molecule has 1 saturated heterocycles. The Morgan fingerprint density at radius 2 is 1.70 bits per heavy atom. The van der Waals surface area contributed by atoms with Gasteiger partial charge in [0.2, 0.25) is 0 Å². The summed E-state index contributed by atoms with van der Waals surface area (Å²) in [6.45, 7) is 8.60. The number of aromatic nitrogens is 4. The van der Waals surface area contributed by atoms with Crippen LogP contribution >= 0.6 is 0 Å². The Bertz CT molecular complexity index is 668. The molecule has 1 aliphatic heterocycles. The van der Waals surface area contributed by atoms with Crippen LogP contribution in [0.3, 0.4) is 0 Å². The molecule has 8 heteroatoms. The molecule has 0 aromatic carbocycles. The number of nitrogens with zero attached hydrogens (tertiary/aromatic N) is 4. The Morgan fingerprint density at radius 3 is 2.26 bits per heavy atom. The van der Waals surface area contributed by atoms with Gasteiger partial charge in [-0.25, -0.2) is 9.97 Å². The molecule has 3 rings (SSSR count). The molecule has 2 aromatic rings. The van der Waals surface area contributed by atoms with E-state index < -0.39 is 7.12 Å². The van der Waals surface area contributed by atoms with Gasteiger partial charge in [-0.3, -0.25) is 4.68 Å². The van der Waals surface area contributed by atoms with Crippen LogP contribution in [0.15, 0.2) is 24.8 Å². The van der Waals surface area contributed by atoms with Gasteiger partial charge >= 0.3 is 7.12 Å². The fourth-order valence-electron chi connectivity index (χ4n) is 2.24. The van der Waals surface area contributed by atoms with Crippen molar-refractivity contribution in [2.75, 3.05) is 7.11 Å². The van der Waals surface area contributed by atoms with Crippen molar-refractivity contribution in [3.63, 3.8) is 0 Å². The van der Waals surface area contributed by atoms with Gasteiger partial charge in [0.1, 0.15) is 12.4 Å². The van der Waals surface area contributed by atoms with E-state index in [9.17, 15) is 0 Å². The largest absolute Gasteiger partial charge is 0.498 e. The molecule has 1 fully saturated rings. The molecule has 1 aliphatic rings. The van der Waals surface area contributed by atoms with Crippen molar-refractivity contribution in [2.24, 2.45) is 0 Å². The van der Waals surface area contributed by atoms with E-state index in [-0.39, 0.29) is 11.2 Å². The van der Waals surface area contributed by atoms with Gasteiger partial charge in [-0.2, -0.15) is 5.10 Å². The smallest absolute Gasteiger partial charge is 0.494 e. The van der Waals surface area contributed by atoms with E-state index in [1.165, 1.54) is 0 Å². The molecular weight excluding hydrogens is 295 g/mol. The number of hydrogen-bond acceptors (Lipinski definition) is 6. The third-order valence-electron chi connectivity index (χ3n) is 4.40. The molecule has 0 unspecified atom stereocenters. The summed E-state index contributed by atoms with van der Waals surface area (Å²) in [7, 11) is 1.17. The predicted octanol–water partition coefficient (Wildman–Crippen LogP) is 1.03. The Balaban J connectivity index is 1.71. The van der Waals surface area contributed by atoms with E-state index in [0.29, 0.717) is 18.1 Å². The Morgan fingerprint density at radius 1 is 1.09 bits per heavy atom. The van der Waals surface area contributed by atoms with Crippen LogP contribution in [0, 0.1) is 0 Å². The fourth-order valence-corrected chi connectivity index (χ4v) is 2.24. The van der Waals surface area contributed by atoms with Gasteiger partial charge in [-0.1, -0.05) is 0 Å². The Labute approximate surface area is 136 Å². The minimum Gasteiger partial charge on any atom is -0.494 e. The summed E-state index contributed by atoms with van der Waals surface area (Å²) in [6.07, 6.45) is 6.93. The lowest BCUT2D eigenvalue weighted by atomic mass is 9.82. The zero-order valence-electron chi connectivity index (χ0n) is 14.1. The first kappa shape index (κ1) is 16.0. The highest BCUT2D eigenvalue weighted by molar-refractivity contribution is 6.61. The monoisotopic (exact) mass is 316 g/mol. The summed E-state index contributed by atoms with van der Waals surface area (Å²) in [5.41, 5.74) is 0.162. The second-order valence-electron chi connectivity index (χ2n) is 6.60. The van der Waals surface area contributed by atoms with Crippen molar-refractivity contribution in [2.45, 2.75) is 45.4 Å². The summed E-state index contributed by atoms with van der Waals surface area (Å²) in [4.78, 5) is 8.48. The van der Waals surface area contributed by atoms with E-state index >= 15 is 0 Å². The minimum atomic E-state index is -0.412. The SMILES string of the molecule is COc1cnc(Cn2cc(B3OC(C)(C)C(C)(C)O3)cn2)nc1. The Kier molecular flexibility index (Phi) is 3.89. The molecule has 0 saturated carbocycles. The topological polar surface area (TPSA) is 71.3 Å². The molecule has 3 heterocycles. The van der Waals surface area contributed by atoms with Gasteiger partial charge in [0.25, 0.3) is 0 Å². The Hall–Kier alpha value is -1.93. The molecule has 0 spiro atoms. The van der Waals surface area contributed by atoms with Gasteiger partial charge in [0, 0.05) is 17.9 Å². The molecule has 0 amide bonds. The standard InChI is InChI=1S/C15H21BN4O3/c1-14(2)15(3,4)23-16(22-14)11-6-19-20(9-11)10-13-17-7-12(21-5)8-18-13/h6-9H,10H2,1-5H3. The molecule has 0 aliphatic carbocycles. The number of rotatable bonds is 4. The van der Waals surface area contributed by atoms with Crippen molar-refractivity contribution in [3.8, 4) is 5.75 Å². The van der Waals surface area contributed by atoms with E-state index in [4.69, 9.17) is 14.0 Å². The maximum atomic E-state index is 6.02. The van der Waals surface area contributed by atoms with Gasteiger partial charge in [0.15, 0.2) is 5.75 Å². The summed E-state index contributed by atoms with van der Waals surface area (Å²) in [5.74, 6) is 1.29. The van der Waals surface area contributed by atoms with Gasteiger partial charge in [0.05, 0.1) is 30.7 Å². The quantitative estimate of drug-likeness (QED) is 0.785. The van der Waals surface area contributed by atoms with Crippen LogP contribution in [0.5, 0.6) is 5.75 Å². The van der Waals surface area contributed by atoms with Crippen molar-refractivity contribution in [1.82, 2.24) is 19.7 Å². The molecule has 7 nitrogen and oxygen atoms in total. The van der Waals surface area contributed by atoms with Crippen LogP contribution in [0.4, 0.5) is 0 Å². The first-order chi connectivity index (χ1) is 10.8. The summed E-state index contributed by atoms with van der Waals surface area (Å²) < 4.78 is 18.9. The second kappa shape index (κ2) is 5.61. The lowest BCUT2D eigenvalue weighted by Crippen LogP contribution is -2.41. The summed E-state index contributed by atoms with van der Waals surface area (Å²) in [6, 6.07) is 0. The van der Waals surface area contributed by atoms with Gasteiger partial charge < -0.3 is 14.0 Å². The highest BCUT2D eigenvalue weighted by atomic mass is 16.7. The molecule has 0 radical (unpaired) electrons. The zero-order valence-corrected chi connectivity index (χ0v) is 14.1. The molecule has 0 atom stereocenters. The highest BCUT2D eigenvalue weighted by Crippen LogP contribution is 2.36. The maximum Gasteiger partial charge on any atom is 0.498 e. The van der Waals surface area contributed by atoms with Crippen LogP contribution in [0.2, 0.25) is 0 Å². The minimum absolute atomic E-state index is 0.362. The lowest BCUT2D eigenvalue weighted by molar-refractivity contribution is 0.00578. The van der Waals surface area contributed by atoms with Crippen LogP contribution in [-0.4, -0.2) is 45.2 Å². The van der Waals surface area contributed by atoms with Crippen molar-refractivity contribution in [3.05, 3.63) is 30.6 Å². The number of methoxy groups -OCH3 is 1. The van der Waals surface area contributed by atoms with Crippen LogP contribution < -0.4 is 10.2 Å². The number of ether oxygens (including phenoxy) is 1. The number of hydrogen-bond donors (Lipinski definition) is 0. The average Bonchev–Trinajstić information content (AvgIpc) is 3.03. The van der Waals surface area contributed by atoms with E-state index in [1.54, 1.807) is 30.4 Å².